The molecule has 0 fully saturated rings. The summed E-state index contributed by atoms with van der Waals surface area (Å²) < 4.78 is 0.947. The summed E-state index contributed by atoms with van der Waals surface area (Å²) in [6, 6.07) is 5.29. The van der Waals surface area contributed by atoms with Crippen molar-refractivity contribution in [3.8, 4) is 0 Å². The Labute approximate surface area is 91.1 Å². The third-order valence-corrected chi connectivity index (χ3v) is 3.09. The van der Waals surface area contributed by atoms with Crippen LogP contribution in [0.15, 0.2) is 22.7 Å². The van der Waals surface area contributed by atoms with Crippen molar-refractivity contribution in [1.82, 2.24) is 0 Å². The molecule has 14 heavy (non-hydrogen) atoms. The largest absolute Gasteiger partial charge is 0.480 e. The fraction of sp³-hybridized carbons (Fsp3) is 0.300. The Morgan fingerprint density at radius 1 is 1.57 bits per heavy atom. The van der Waals surface area contributed by atoms with Gasteiger partial charge in [-0.2, -0.15) is 0 Å². The van der Waals surface area contributed by atoms with Crippen molar-refractivity contribution < 1.29 is 9.90 Å². The summed E-state index contributed by atoms with van der Waals surface area (Å²) in [6.45, 7) is 3.38. The molecule has 76 valence electrons. The molecule has 0 heterocycles. The average Bonchev–Trinajstić information content (AvgIpc) is 2.09. The molecule has 1 aromatic carbocycles. The Balaban J connectivity index is 3.21. The van der Waals surface area contributed by atoms with Crippen LogP contribution in [0.4, 0.5) is 0 Å². The van der Waals surface area contributed by atoms with Crippen LogP contribution in [0, 0.1) is 6.92 Å². The minimum Gasteiger partial charge on any atom is -0.480 e. The number of nitrogens with two attached hydrogens (primary N) is 1. The highest BCUT2D eigenvalue weighted by molar-refractivity contribution is 9.10. The highest BCUT2D eigenvalue weighted by Crippen LogP contribution is 2.23. The van der Waals surface area contributed by atoms with Crippen molar-refractivity contribution in [2.75, 3.05) is 0 Å². The number of hydrogen-bond donors (Lipinski definition) is 2. The summed E-state index contributed by atoms with van der Waals surface area (Å²) in [5.74, 6) is -1.03. The van der Waals surface area contributed by atoms with Crippen LogP contribution in [0.2, 0.25) is 0 Å². The smallest absolute Gasteiger partial charge is 0.328 e. The fourth-order valence-electron chi connectivity index (χ4n) is 1.09. The fourth-order valence-corrected chi connectivity index (χ4v) is 1.34. The number of benzene rings is 1. The van der Waals surface area contributed by atoms with Gasteiger partial charge in [0.25, 0.3) is 0 Å². The summed E-state index contributed by atoms with van der Waals surface area (Å²) in [5.41, 5.74) is 5.93. The van der Waals surface area contributed by atoms with E-state index < -0.39 is 11.5 Å². The number of halogens is 1. The molecule has 1 aromatic rings. The minimum absolute atomic E-state index is 0.603. The lowest BCUT2D eigenvalue weighted by Gasteiger charge is -2.20. The number of aryl methyl sites for hydroxylation is 1. The van der Waals surface area contributed by atoms with Gasteiger partial charge in [-0.05, 0) is 31.0 Å². The second-order valence-electron chi connectivity index (χ2n) is 3.47. The maximum Gasteiger partial charge on any atom is 0.328 e. The van der Waals surface area contributed by atoms with Gasteiger partial charge in [0.1, 0.15) is 5.54 Å². The van der Waals surface area contributed by atoms with Crippen molar-refractivity contribution in [2.24, 2.45) is 5.73 Å². The SMILES string of the molecule is Cc1cc(C(C)(N)C(=O)O)ccc1Br. The number of rotatable bonds is 2. The normalized spacial score (nSPS) is 14.9. The Kier molecular flexibility index (Phi) is 2.97. The van der Waals surface area contributed by atoms with Gasteiger partial charge in [0, 0.05) is 4.47 Å². The Hall–Kier alpha value is -0.870. The van der Waals surface area contributed by atoms with Gasteiger partial charge < -0.3 is 10.8 Å². The third-order valence-electron chi connectivity index (χ3n) is 2.20. The van der Waals surface area contributed by atoms with Crippen LogP contribution >= 0.6 is 15.9 Å². The Morgan fingerprint density at radius 3 is 2.57 bits per heavy atom. The first-order chi connectivity index (χ1) is 6.35. The summed E-state index contributed by atoms with van der Waals surface area (Å²) in [5, 5.41) is 8.92. The van der Waals surface area contributed by atoms with Crippen molar-refractivity contribution in [2.45, 2.75) is 19.4 Å². The standard InChI is InChI=1S/C10H12BrNO2/c1-6-5-7(3-4-8(6)11)10(2,12)9(13)14/h3-5H,12H2,1-2H3,(H,13,14). The lowest BCUT2D eigenvalue weighted by atomic mass is 9.92. The van der Waals surface area contributed by atoms with Gasteiger partial charge in [-0.3, -0.25) is 0 Å². The minimum atomic E-state index is -1.33. The maximum absolute atomic E-state index is 10.9. The van der Waals surface area contributed by atoms with E-state index in [4.69, 9.17) is 10.8 Å². The lowest BCUT2D eigenvalue weighted by molar-refractivity contribution is -0.143. The first-order valence-electron chi connectivity index (χ1n) is 4.14. The zero-order chi connectivity index (χ0) is 10.9. The predicted octanol–water partition coefficient (Wildman–Crippen LogP) is 2.02. The molecule has 1 rings (SSSR count). The molecule has 0 aliphatic carbocycles. The predicted molar refractivity (Wildman–Crippen MR) is 58.1 cm³/mol. The molecule has 3 N–H and O–H groups in total. The van der Waals surface area contributed by atoms with Gasteiger partial charge in [-0.15, -0.1) is 0 Å². The number of carboxylic acids is 1. The second kappa shape index (κ2) is 3.71. The van der Waals surface area contributed by atoms with Gasteiger partial charge in [0.15, 0.2) is 0 Å². The molecule has 3 nitrogen and oxygen atoms in total. The summed E-state index contributed by atoms with van der Waals surface area (Å²) in [4.78, 5) is 10.9. The van der Waals surface area contributed by atoms with E-state index in [1.807, 2.05) is 6.92 Å². The van der Waals surface area contributed by atoms with Gasteiger partial charge in [0.2, 0.25) is 0 Å². The molecular weight excluding hydrogens is 246 g/mol. The van der Waals surface area contributed by atoms with Crippen molar-refractivity contribution in [3.63, 3.8) is 0 Å². The van der Waals surface area contributed by atoms with Gasteiger partial charge in [0.05, 0.1) is 0 Å². The molecule has 0 aliphatic rings. The van der Waals surface area contributed by atoms with Crippen LogP contribution in [0.25, 0.3) is 0 Å². The molecule has 0 saturated carbocycles. The monoisotopic (exact) mass is 257 g/mol. The van der Waals surface area contributed by atoms with Crippen molar-refractivity contribution in [1.29, 1.82) is 0 Å². The van der Waals surface area contributed by atoms with Crippen LogP contribution in [0.3, 0.4) is 0 Å². The molecular formula is C10H12BrNO2. The van der Waals surface area contributed by atoms with Crippen LogP contribution in [0.5, 0.6) is 0 Å². The van der Waals surface area contributed by atoms with Gasteiger partial charge >= 0.3 is 5.97 Å². The first kappa shape index (κ1) is 11.2. The molecule has 0 amide bonds. The average molecular weight is 258 g/mol. The molecule has 0 spiro atoms. The van der Waals surface area contributed by atoms with E-state index in [2.05, 4.69) is 15.9 Å². The van der Waals surface area contributed by atoms with Crippen molar-refractivity contribution in [3.05, 3.63) is 33.8 Å². The Morgan fingerprint density at radius 2 is 2.14 bits per heavy atom. The zero-order valence-corrected chi connectivity index (χ0v) is 9.63. The van der Waals surface area contributed by atoms with E-state index in [1.54, 1.807) is 18.2 Å². The van der Waals surface area contributed by atoms with Crippen LogP contribution in [-0.2, 0) is 10.3 Å². The van der Waals surface area contributed by atoms with E-state index in [0.29, 0.717) is 5.56 Å². The topological polar surface area (TPSA) is 63.3 Å². The molecule has 0 aromatic heterocycles. The maximum atomic E-state index is 10.9. The summed E-state index contributed by atoms with van der Waals surface area (Å²) >= 11 is 3.34. The van der Waals surface area contributed by atoms with Gasteiger partial charge in [-0.25, -0.2) is 4.79 Å². The second-order valence-corrected chi connectivity index (χ2v) is 4.33. The van der Waals surface area contributed by atoms with Crippen molar-refractivity contribution >= 4 is 21.9 Å². The highest BCUT2D eigenvalue weighted by atomic mass is 79.9. The van der Waals surface area contributed by atoms with E-state index in [9.17, 15) is 4.79 Å². The third kappa shape index (κ3) is 1.96. The molecule has 1 atom stereocenters. The number of carbonyl (C=O) groups is 1. The summed E-state index contributed by atoms with van der Waals surface area (Å²) in [7, 11) is 0. The number of carboxylic acid groups (broad SMARTS) is 1. The molecule has 1 unspecified atom stereocenters. The number of aliphatic carboxylic acids is 1. The molecule has 0 aliphatic heterocycles. The van der Waals surface area contributed by atoms with Crippen LogP contribution < -0.4 is 5.73 Å². The van der Waals surface area contributed by atoms with E-state index in [1.165, 1.54) is 6.92 Å². The molecule has 0 saturated heterocycles. The highest BCUT2D eigenvalue weighted by Gasteiger charge is 2.30. The van der Waals surface area contributed by atoms with E-state index in [-0.39, 0.29) is 0 Å². The molecule has 0 radical (unpaired) electrons. The number of hydrogen-bond acceptors (Lipinski definition) is 2. The van der Waals surface area contributed by atoms with Gasteiger partial charge in [-0.1, -0.05) is 28.1 Å². The van der Waals surface area contributed by atoms with E-state index >= 15 is 0 Å². The summed E-state index contributed by atoms with van der Waals surface area (Å²) in [6.07, 6.45) is 0. The quantitative estimate of drug-likeness (QED) is 0.852. The Bertz CT molecular complexity index is 374. The molecule has 4 heteroatoms. The zero-order valence-electron chi connectivity index (χ0n) is 8.04. The first-order valence-corrected chi connectivity index (χ1v) is 4.94. The molecule has 0 bridgehead atoms. The lowest BCUT2D eigenvalue weighted by Crippen LogP contribution is -2.41. The van der Waals surface area contributed by atoms with Crippen LogP contribution in [0.1, 0.15) is 18.1 Å². The van der Waals surface area contributed by atoms with E-state index in [0.717, 1.165) is 10.0 Å². The van der Waals surface area contributed by atoms with Crippen LogP contribution in [-0.4, -0.2) is 11.1 Å².